The van der Waals surface area contributed by atoms with Crippen LogP contribution < -0.4 is 0 Å². The molecule has 1 saturated heterocycles. The fourth-order valence-electron chi connectivity index (χ4n) is 3.17. The van der Waals surface area contributed by atoms with E-state index in [1.807, 2.05) is 40.7 Å². The first kappa shape index (κ1) is 20.2. The fraction of sp³-hybridized carbons (Fsp3) is 0.600. The van der Waals surface area contributed by atoms with Crippen LogP contribution in [0.3, 0.4) is 0 Å². The van der Waals surface area contributed by atoms with Gasteiger partial charge >= 0.3 is 12.1 Å². The van der Waals surface area contributed by atoms with Crippen LogP contribution in [-0.2, 0) is 9.57 Å². The Labute approximate surface area is 156 Å². The van der Waals surface area contributed by atoms with Crippen LogP contribution in [0.25, 0.3) is 0 Å². The highest BCUT2D eigenvalue weighted by Gasteiger charge is 2.41. The molecule has 1 heterocycles. The molecular formula is C20H30N2O4. The second-order valence-electron chi connectivity index (χ2n) is 8.38. The van der Waals surface area contributed by atoms with Gasteiger partial charge in [0.05, 0.1) is 5.56 Å². The number of nitrogens with zero attached hydrogens (tertiary/aromatic N) is 2. The van der Waals surface area contributed by atoms with Gasteiger partial charge in [-0.05, 0) is 59.6 Å². The number of hydroxylamine groups is 2. The number of rotatable bonds is 3. The molecule has 0 aromatic heterocycles. The van der Waals surface area contributed by atoms with Crippen molar-refractivity contribution >= 4 is 12.1 Å². The summed E-state index contributed by atoms with van der Waals surface area (Å²) < 4.78 is 5.52. The lowest BCUT2D eigenvalue weighted by Crippen LogP contribution is -2.57. The molecule has 1 unspecified atom stereocenters. The van der Waals surface area contributed by atoms with Crippen LogP contribution in [0.5, 0.6) is 0 Å². The highest BCUT2D eigenvalue weighted by Crippen LogP contribution is 2.31. The summed E-state index contributed by atoms with van der Waals surface area (Å²) in [6.07, 6.45) is 1.09. The van der Waals surface area contributed by atoms with Gasteiger partial charge < -0.3 is 14.5 Å². The molecule has 2 rings (SSSR count). The summed E-state index contributed by atoms with van der Waals surface area (Å²) in [5.41, 5.74) is -0.394. The first-order valence-corrected chi connectivity index (χ1v) is 9.00. The lowest BCUT2D eigenvalue weighted by Gasteiger charge is -2.46. The minimum atomic E-state index is -0.522. The number of hydrogen-bond donors (Lipinski definition) is 0. The van der Waals surface area contributed by atoms with Crippen molar-refractivity contribution in [2.45, 2.75) is 64.6 Å². The quantitative estimate of drug-likeness (QED) is 0.764. The normalized spacial score (nSPS) is 20.0. The maximum Gasteiger partial charge on any atom is 0.410 e. The lowest BCUT2D eigenvalue weighted by atomic mass is 9.87. The van der Waals surface area contributed by atoms with Crippen molar-refractivity contribution in [3.63, 3.8) is 0 Å². The van der Waals surface area contributed by atoms with Gasteiger partial charge in [-0.2, -0.15) is 0 Å². The first-order valence-electron chi connectivity index (χ1n) is 9.00. The zero-order valence-electron chi connectivity index (χ0n) is 16.6. The Kier molecular flexibility index (Phi) is 5.96. The van der Waals surface area contributed by atoms with E-state index in [9.17, 15) is 9.59 Å². The van der Waals surface area contributed by atoms with E-state index in [4.69, 9.17) is 9.57 Å². The predicted octanol–water partition coefficient (Wildman–Crippen LogP) is 3.87. The molecule has 1 aliphatic heterocycles. The van der Waals surface area contributed by atoms with Crippen LogP contribution in [0.1, 0.15) is 57.8 Å². The summed E-state index contributed by atoms with van der Waals surface area (Å²) in [6.45, 7) is 10.2. The van der Waals surface area contributed by atoms with Gasteiger partial charge in [0.25, 0.3) is 0 Å². The Morgan fingerprint density at radius 1 is 1.19 bits per heavy atom. The van der Waals surface area contributed by atoms with E-state index in [-0.39, 0.29) is 18.1 Å². The number of hydrogen-bond acceptors (Lipinski definition) is 5. The highest BCUT2D eigenvalue weighted by atomic mass is 16.7. The fourth-order valence-corrected chi connectivity index (χ4v) is 3.17. The molecule has 1 fully saturated rings. The van der Waals surface area contributed by atoms with Gasteiger partial charge in [0.2, 0.25) is 0 Å². The molecule has 1 aromatic carbocycles. The molecule has 26 heavy (non-hydrogen) atoms. The lowest BCUT2D eigenvalue weighted by molar-refractivity contribution is -0.140. The third kappa shape index (κ3) is 5.21. The molecule has 1 amide bonds. The van der Waals surface area contributed by atoms with E-state index in [1.165, 1.54) is 0 Å². The SMILES string of the molecule is CN(OC(=O)c1ccccc1)C1CCN(C(=O)OC(C)(C)C)C(C)(C)C1. The Morgan fingerprint density at radius 3 is 2.35 bits per heavy atom. The van der Waals surface area contributed by atoms with Crippen molar-refractivity contribution in [3.05, 3.63) is 35.9 Å². The average Bonchev–Trinajstić information content (AvgIpc) is 2.52. The van der Waals surface area contributed by atoms with Crippen LogP contribution in [0.2, 0.25) is 0 Å². The maximum absolute atomic E-state index is 12.5. The van der Waals surface area contributed by atoms with Crippen molar-refractivity contribution in [3.8, 4) is 0 Å². The molecule has 6 nitrogen and oxygen atoms in total. The number of amides is 1. The first-order chi connectivity index (χ1) is 12.0. The Morgan fingerprint density at radius 2 is 1.81 bits per heavy atom. The molecule has 1 aromatic rings. The largest absolute Gasteiger partial charge is 0.444 e. The summed E-state index contributed by atoms with van der Waals surface area (Å²) >= 11 is 0. The van der Waals surface area contributed by atoms with Crippen molar-refractivity contribution in [1.82, 2.24) is 9.96 Å². The molecule has 144 valence electrons. The number of benzene rings is 1. The van der Waals surface area contributed by atoms with Gasteiger partial charge in [-0.15, -0.1) is 5.06 Å². The summed E-state index contributed by atoms with van der Waals surface area (Å²) in [6, 6.07) is 8.96. The molecule has 6 heteroatoms. The van der Waals surface area contributed by atoms with E-state index < -0.39 is 11.1 Å². The third-order valence-electron chi connectivity index (χ3n) is 4.52. The van der Waals surface area contributed by atoms with E-state index in [2.05, 4.69) is 0 Å². The maximum atomic E-state index is 12.5. The second kappa shape index (κ2) is 7.66. The molecule has 0 saturated carbocycles. The standard InChI is InChI=1S/C20H30N2O4/c1-19(2,3)25-18(24)22-13-12-16(14-20(22,4)5)21(6)26-17(23)15-10-8-7-9-11-15/h7-11,16H,12-14H2,1-6H3. The summed E-state index contributed by atoms with van der Waals surface area (Å²) in [5, 5.41) is 1.61. The average molecular weight is 362 g/mol. The monoisotopic (exact) mass is 362 g/mol. The molecule has 1 atom stereocenters. The minimum Gasteiger partial charge on any atom is -0.444 e. The van der Waals surface area contributed by atoms with Gasteiger partial charge in [0, 0.05) is 25.2 Å². The van der Waals surface area contributed by atoms with Gasteiger partial charge in [0.15, 0.2) is 0 Å². The number of ether oxygens (including phenoxy) is 1. The van der Waals surface area contributed by atoms with Crippen LogP contribution >= 0.6 is 0 Å². The Bertz CT molecular complexity index is 637. The number of likely N-dealkylation sites (tertiary alicyclic amines) is 1. The predicted molar refractivity (Wildman–Crippen MR) is 99.7 cm³/mol. The third-order valence-corrected chi connectivity index (χ3v) is 4.52. The molecule has 0 N–H and O–H groups in total. The smallest absolute Gasteiger partial charge is 0.410 e. The zero-order valence-corrected chi connectivity index (χ0v) is 16.6. The Balaban J connectivity index is 1.97. The summed E-state index contributed by atoms with van der Waals surface area (Å²) in [7, 11) is 1.77. The number of piperidine rings is 1. The summed E-state index contributed by atoms with van der Waals surface area (Å²) in [4.78, 5) is 32.0. The van der Waals surface area contributed by atoms with E-state index in [0.717, 1.165) is 0 Å². The molecule has 0 radical (unpaired) electrons. The van der Waals surface area contributed by atoms with Crippen LogP contribution in [0, 0.1) is 0 Å². The highest BCUT2D eigenvalue weighted by molar-refractivity contribution is 5.89. The van der Waals surface area contributed by atoms with Crippen molar-refractivity contribution < 1.29 is 19.2 Å². The minimum absolute atomic E-state index is 0.0383. The molecule has 0 spiro atoms. The van der Waals surface area contributed by atoms with Crippen LogP contribution in [0.15, 0.2) is 30.3 Å². The number of carbonyl (C=O) groups is 2. The summed E-state index contributed by atoms with van der Waals surface area (Å²) in [5.74, 6) is -0.375. The van der Waals surface area contributed by atoms with Gasteiger partial charge in [-0.3, -0.25) is 0 Å². The van der Waals surface area contributed by atoms with Crippen LogP contribution in [0.4, 0.5) is 4.79 Å². The van der Waals surface area contributed by atoms with E-state index in [0.29, 0.717) is 24.9 Å². The molecule has 0 bridgehead atoms. The van der Waals surface area contributed by atoms with Crippen LogP contribution in [-0.4, -0.2) is 52.8 Å². The van der Waals surface area contributed by atoms with Crippen molar-refractivity contribution in [2.75, 3.05) is 13.6 Å². The second-order valence-corrected chi connectivity index (χ2v) is 8.38. The van der Waals surface area contributed by atoms with E-state index >= 15 is 0 Å². The topological polar surface area (TPSA) is 59.1 Å². The van der Waals surface area contributed by atoms with Gasteiger partial charge in [-0.1, -0.05) is 18.2 Å². The Hall–Kier alpha value is -2.08. The molecule has 0 aliphatic carbocycles. The van der Waals surface area contributed by atoms with Gasteiger partial charge in [0.1, 0.15) is 5.60 Å². The molecule has 1 aliphatic rings. The molecular weight excluding hydrogens is 332 g/mol. The van der Waals surface area contributed by atoms with Gasteiger partial charge in [-0.25, -0.2) is 9.59 Å². The zero-order chi connectivity index (χ0) is 19.5. The number of carbonyl (C=O) groups excluding carboxylic acids is 2. The van der Waals surface area contributed by atoms with Crippen molar-refractivity contribution in [1.29, 1.82) is 0 Å². The van der Waals surface area contributed by atoms with Crippen molar-refractivity contribution in [2.24, 2.45) is 0 Å². The van der Waals surface area contributed by atoms with E-state index in [1.54, 1.807) is 41.3 Å².